The normalized spacial score (nSPS) is 11.8. The number of hydrogen-bond acceptors (Lipinski definition) is 3. The second kappa shape index (κ2) is 7.09. The van der Waals surface area contributed by atoms with Crippen LogP contribution >= 0.6 is 12.2 Å². The first-order chi connectivity index (χ1) is 7.79. The van der Waals surface area contributed by atoms with Crippen LogP contribution in [0.3, 0.4) is 0 Å². The van der Waals surface area contributed by atoms with Gasteiger partial charge in [-0.15, -0.1) is 6.58 Å². The fourth-order valence-electron chi connectivity index (χ4n) is 1.26. The Morgan fingerprint density at radius 2 is 2.50 bits per heavy atom. The van der Waals surface area contributed by atoms with Crippen molar-refractivity contribution >= 4 is 17.2 Å². The van der Waals surface area contributed by atoms with Gasteiger partial charge in [0.25, 0.3) is 0 Å². The van der Waals surface area contributed by atoms with Crippen molar-refractivity contribution in [2.45, 2.75) is 13.0 Å². The second-order valence-electron chi connectivity index (χ2n) is 3.12. The molecule has 0 aliphatic carbocycles. The third-order valence-corrected chi connectivity index (χ3v) is 2.31. The van der Waals surface area contributed by atoms with E-state index in [1.54, 1.807) is 12.3 Å². The molecule has 0 aliphatic heterocycles. The van der Waals surface area contributed by atoms with Crippen LogP contribution in [0.5, 0.6) is 0 Å². The van der Waals surface area contributed by atoms with Gasteiger partial charge in [0.2, 0.25) is 0 Å². The fraction of sp³-hybridized carbons (Fsp3) is 0.333. The number of rotatable bonds is 6. The summed E-state index contributed by atoms with van der Waals surface area (Å²) in [6.07, 6.45) is 3.21. The average molecular weight is 236 g/mol. The Morgan fingerprint density at radius 1 is 1.69 bits per heavy atom. The van der Waals surface area contributed by atoms with Crippen LogP contribution in [0.25, 0.3) is 0 Å². The SMILES string of the molecule is C=CCNC(=S)C(OCC)c1ccccn1. The number of pyridine rings is 1. The molecular weight excluding hydrogens is 220 g/mol. The molecule has 0 aromatic carbocycles. The first kappa shape index (κ1) is 12.8. The van der Waals surface area contributed by atoms with Gasteiger partial charge in [-0.2, -0.15) is 0 Å². The molecule has 0 spiro atoms. The number of aromatic nitrogens is 1. The topological polar surface area (TPSA) is 34.1 Å². The Morgan fingerprint density at radius 3 is 3.06 bits per heavy atom. The molecule has 1 N–H and O–H groups in total. The van der Waals surface area contributed by atoms with Crippen molar-refractivity contribution in [1.29, 1.82) is 0 Å². The summed E-state index contributed by atoms with van der Waals surface area (Å²) in [7, 11) is 0. The first-order valence-electron chi connectivity index (χ1n) is 5.20. The van der Waals surface area contributed by atoms with E-state index in [1.165, 1.54) is 0 Å². The summed E-state index contributed by atoms with van der Waals surface area (Å²) in [5.74, 6) is 0. The Kier molecular flexibility index (Phi) is 5.67. The first-order valence-corrected chi connectivity index (χ1v) is 5.61. The number of thiocarbonyl (C=S) groups is 1. The molecule has 0 aliphatic rings. The van der Waals surface area contributed by atoms with Crippen molar-refractivity contribution in [3.63, 3.8) is 0 Å². The van der Waals surface area contributed by atoms with Crippen LogP contribution in [0.1, 0.15) is 18.7 Å². The molecule has 16 heavy (non-hydrogen) atoms. The molecule has 0 saturated heterocycles. The van der Waals surface area contributed by atoms with Gasteiger partial charge in [-0.1, -0.05) is 24.4 Å². The van der Waals surface area contributed by atoms with Gasteiger partial charge in [-0.3, -0.25) is 4.98 Å². The maximum atomic E-state index is 5.59. The average Bonchev–Trinajstić information content (AvgIpc) is 2.34. The van der Waals surface area contributed by atoms with Crippen LogP contribution in [-0.2, 0) is 4.74 Å². The minimum absolute atomic E-state index is 0.277. The van der Waals surface area contributed by atoms with E-state index in [4.69, 9.17) is 17.0 Å². The zero-order valence-corrected chi connectivity index (χ0v) is 10.2. The maximum absolute atomic E-state index is 5.59. The lowest BCUT2D eigenvalue weighted by Crippen LogP contribution is -2.29. The van der Waals surface area contributed by atoms with Gasteiger partial charge in [0.1, 0.15) is 11.1 Å². The molecule has 1 rings (SSSR count). The van der Waals surface area contributed by atoms with Gasteiger partial charge in [0.05, 0.1) is 5.69 Å². The minimum atomic E-state index is -0.277. The van der Waals surface area contributed by atoms with Crippen LogP contribution < -0.4 is 5.32 Å². The summed E-state index contributed by atoms with van der Waals surface area (Å²) in [4.78, 5) is 4.89. The summed E-state index contributed by atoms with van der Waals surface area (Å²) in [5, 5.41) is 3.06. The molecule has 3 nitrogen and oxygen atoms in total. The van der Waals surface area contributed by atoms with Crippen LogP contribution in [0.2, 0.25) is 0 Å². The van der Waals surface area contributed by atoms with Crippen molar-refractivity contribution in [1.82, 2.24) is 10.3 Å². The van der Waals surface area contributed by atoms with E-state index in [-0.39, 0.29) is 6.10 Å². The molecule has 0 amide bonds. The van der Waals surface area contributed by atoms with E-state index >= 15 is 0 Å². The Labute approximate surface area is 102 Å². The lowest BCUT2D eigenvalue weighted by atomic mass is 10.2. The summed E-state index contributed by atoms with van der Waals surface area (Å²) in [6.45, 7) is 6.80. The van der Waals surface area contributed by atoms with Gasteiger partial charge in [-0.05, 0) is 19.1 Å². The molecule has 4 heteroatoms. The summed E-state index contributed by atoms with van der Waals surface area (Å²) < 4.78 is 5.59. The maximum Gasteiger partial charge on any atom is 0.149 e. The number of nitrogens with one attached hydrogen (secondary N) is 1. The van der Waals surface area contributed by atoms with E-state index in [9.17, 15) is 0 Å². The molecule has 1 aromatic heterocycles. The van der Waals surface area contributed by atoms with E-state index in [0.29, 0.717) is 18.1 Å². The highest BCUT2D eigenvalue weighted by atomic mass is 32.1. The fourth-order valence-corrected chi connectivity index (χ4v) is 1.53. The standard InChI is InChI=1S/C12H16N2OS/c1-3-8-14-12(16)11(15-4-2)10-7-5-6-9-13-10/h3,5-7,9,11H,1,4,8H2,2H3,(H,14,16). The van der Waals surface area contributed by atoms with E-state index in [0.717, 1.165) is 5.69 Å². The highest BCUT2D eigenvalue weighted by Crippen LogP contribution is 2.15. The summed E-state index contributed by atoms with van der Waals surface area (Å²) in [5.41, 5.74) is 0.825. The van der Waals surface area contributed by atoms with Crippen LogP contribution in [0.4, 0.5) is 0 Å². The molecular formula is C12H16N2OS. The summed E-state index contributed by atoms with van der Waals surface area (Å²) in [6, 6.07) is 5.69. The zero-order valence-electron chi connectivity index (χ0n) is 9.35. The molecule has 1 aromatic rings. The quantitative estimate of drug-likeness (QED) is 0.607. The van der Waals surface area contributed by atoms with Gasteiger partial charge in [0.15, 0.2) is 0 Å². The highest BCUT2D eigenvalue weighted by Gasteiger charge is 2.17. The Hall–Kier alpha value is -1.26. The predicted molar refractivity (Wildman–Crippen MR) is 69.4 cm³/mol. The minimum Gasteiger partial charge on any atom is -0.374 e. The van der Waals surface area contributed by atoms with Crippen LogP contribution in [0, 0.1) is 0 Å². The number of hydrogen-bond donors (Lipinski definition) is 1. The summed E-state index contributed by atoms with van der Waals surface area (Å²) >= 11 is 5.26. The van der Waals surface area contributed by atoms with E-state index in [1.807, 2.05) is 25.1 Å². The van der Waals surface area contributed by atoms with Gasteiger partial charge >= 0.3 is 0 Å². The van der Waals surface area contributed by atoms with Crippen molar-refractivity contribution in [2.75, 3.05) is 13.2 Å². The molecule has 0 bridgehead atoms. The van der Waals surface area contributed by atoms with E-state index in [2.05, 4.69) is 16.9 Å². The van der Waals surface area contributed by atoms with Crippen molar-refractivity contribution < 1.29 is 4.74 Å². The smallest absolute Gasteiger partial charge is 0.149 e. The Bertz CT molecular complexity index is 340. The molecule has 0 radical (unpaired) electrons. The number of ether oxygens (including phenoxy) is 1. The third-order valence-electron chi connectivity index (χ3n) is 1.95. The molecule has 0 saturated carbocycles. The molecule has 86 valence electrons. The molecule has 0 fully saturated rings. The van der Waals surface area contributed by atoms with Crippen LogP contribution in [-0.4, -0.2) is 23.1 Å². The molecule has 1 unspecified atom stereocenters. The second-order valence-corrected chi connectivity index (χ2v) is 3.56. The lowest BCUT2D eigenvalue weighted by Gasteiger charge is -2.18. The zero-order chi connectivity index (χ0) is 11.8. The van der Waals surface area contributed by atoms with Gasteiger partial charge in [-0.25, -0.2) is 0 Å². The lowest BCUT2D eigenvalue weighted by molar-refractivity contribution is 0.107. The monoisotopic (exact) mass is 236 g/mol. The van der Waals surface area contributed by atoms with Crippen molar-refractivity contribution in [2.24, 2.45) is 0 Å². The van der Waals surface area contributed by atoms with Crippen LogP contribution in [0.15, 0.2) is 37.1 Å². The Balaban J connectivity index is 2.74. The van der Waals surface area contributed by atoms with Crippen molar-refractivity contribution in [3.05, 3.63) is 42.7 Å². The molecule has 1 atom stereocenters. The van der Waals surface area contributed by atoms with E-state index < -0.39 is 0 Å². The van der Waals surface area contributed by atoms with Crippen molar-refractivity contribution in [3.8, 4) is 0 Å². The highest BCUT2D eigenvalue weighted by molar-refractivity contribution is 7.80. The van der Waals surface area contributed by atoms with Gasteiger partial charge in [0, 0.05) is 19.3 Å². The number of nitrogens with zero attached hydrogens (tertiary/aromatic N) is 1. The molecule has 1 heterocycles. The largest absolute Gasteiger partial charge is 0.374 e. The third kappa shape index (κ3) is 3.72. The van der Waals surface area contributed by atoms with Gasteiger partial charge < -0.3 is 10.1 Å². The predicted octanol–water partition coefficient (Wildman–Crippen LogP) is 2.26.